The van der Waals surface area contributed by atoms with Gasteiger partial charge in [0.15, 0.2) is 0 Å². The first-order valence-corrected chi connectivity index (χ1v) is 10.9. The summed E-state index contributed by atoms with van der Waals surface area (Å²) in [6.45, 7) is 3.16. The van der Waals surface area contributed by atoms with Crippen LogP contribution in [0, 0.1) is 17.6 Å². The average Bonchev–Trinajstić information content (AvgIpc) is 2.81. The van der Waals surface area contributed by atoms with E-state index in [4.69, 9.17) is 0 Å². The van der Waals surface area contributed by atoms with Gasteiger partial charge in [0, 0.05) is 37.6 Å². The monoisotopic (exact) mass is 433 g/mol. The molecule has 0 unspecified atom stereocenters. The highest BCUT2D eigenvalue weighted by atomic mass is 19.1. The number of hydrogen-bond donors (Lipinski definition) is 1. The maximum absolute atomic E-state index is 13.3. The van der Waals surface area contributed by atoms with Crippen molar-refractivity contribution >= 4 is 17.3 Å². The number of para-hydroxylation sites is 1. The molecule has 0 spiro atoms. The molecule has 4 nitrogen and oxygen atoms in total. The summed E-state index contributed by atoms with van der Waals surface area (Å²) >= 11 is 0. The smallest absolute Gasteiger partial charge is 0.229 e. The molecule has 0 aromatic heterocycles. The van der Waals surface area contributed by atoms with Crippen molar-refractivity contribution in [3.63, 3.8) is 0 Å². The van der Waals surface area contributed by atoms with E-state index in [2.05, 4.69) is 27.2 Å². The molecule has 2 heterocycles. The largest absolute Gasteiger partial charge is 0.365 e. The Morgan fingerprint density at radius 1 is 0.906 bits per heavy atom. The van der Waals surface area contributed by atoms with Gasteiger partial charge in [0.1, 0.15) is 11.6 Å². The number of benzene rings is 3. The average molecular weight is 434 g/mol. The van der Waals surface area contributed by atoms with Crippen LogP contribution in [0.15, 0.2) is 72.8 Å². The first-order valence-electron chi connectivity index (χ1n) is 10.9. The first-order chi connectivity index (χ1) is 15.6. The van der Waals surface area contributed by atoms with Crippen molar-refractivity contribution in [3.05, 3.63) is 95.6 Å². The minimum Gasteiger partial charge on any atom is -0.365 e. The van der Waals surface area contributed by atoms with Crippen LogP contribution in [0.4, 0.5) is 20.2 Å². The molecule has 1 amide bonds. The van der Waals surface area contributed by atoms with Gasteiger partial charge in [0.2, 0.25) is 5.91 Å². The van der Waals surface area contributed by atoms with Crippen LogP contribution in [-0.2, 0) is 17.8 Å². The third kappa shape index (κ3) is 4.23. The Hall–Kier alpha value is -3.25. The van der Waals surface area contributed by atoms with Crippen LogP contribution < -0.4 is 10.2 Å². The van der Waals surface area contributed by atoms with E-state index in [-0.39, 0.29) is 29.5 Å². The summed E-state index contributed by atoms with van der Waals surface area (Å²) in [5, 5.41) is 2.98. The van der Waals surface area contributed by atoms with E-state index in [0.717, 1.165) is 31.7 Å². The first kappa shape index (κ1) is 20.6. The number of halogens is 2. The van der Waals surface area contributed by atoms with Crippen LogP contribution in [-0.4, -0.2) is 36.5 Å². The van der Waals surface area contributed by atoms with Crippen LogP contribution in [0.1, 0.15) is 11.1 Å². The number of nitrogens with zero attached hydrogens (tertiary/aromatic N) is 2. The lowest BCUT2D eigenvalue weighted by Crippen LogP contribution is -2.60. The van der Waals surface area contributed by atoms with Gasteiger partial charge in [-0.2, -0.15) is 0 Å². The van der Waals surface area contributed by atoms with Crippen LogP contribution in [0.25, 0.3) is 0 Å². The summed E-state index contributed by atoms with van der Waals surface area (Å²) in [5.41, 5.74) is 4.03. The summed E-state index contributed by atoms with van der Waals surface area (Å²) in [6.07, 6.45) is 0.661. The lowest BCUT2D eigenvalue weighted by Gasteiger charge is -2.49. The van der Waals surface area contributed by atoms with Crippen LogP contribution in [0.2, 0.25) is 0 Å². The minimum absolute atomic E-state index is 0.0274. The van der Waals surface area contributed by atoms with Gasteiger partial charge >= 0.3 is 0 Å². The molecule has 2 atom stereocenters. The third-order valence-corrected chi connectivity index (χ3v) is 6.48. The highest BCUT2D eigenvalue weighted by Gasteiger charge is 2.41. The molecule has 0 bridgehead atoms. The Labute approximate surface area is 186 Å². The molecule has 0 radical (unpaired) electrons. The number of nitrogens with one attached hydrogen (secondary N) is 1. The molecule has 3 aromatic rings. The summed E-state index contributed by atoms with van der Waals surface area (Å²) in [5.74, 6) is -0.847. The van der Waals surface area contributed by atoms with Gasteiger partial charge in [0.05, 0.1) is 12.0 Å². The maximum atomic E-state index is 13.3. The molecule has 6 heteroatoms. The molecular weight excluding hydrogens is 408 g/mol. The van der Waals surface area contributed by atoms with Gasteiger partial charge in [-0.05, 0) is 60.0 Å². The molecule has 32 heavy (non-hydrogen) atoms. The standard InChI is InChI=1S/C26H25F2N3O/c27-20-7-5-18(6-8-20)16-30-13-14-31-24-4-2-1-3-19(24)15-23(25(31)17-30)26(32)29-22-11-9-21(28)10-12-22/h1-12,23,25H,13-17H2,(H,29,32)/t23-,25+/m0/s1. The van der Waals surface area contributed by atoms with E-state index in [9.17, 15) is 13.6 Å². The van der Waals surface area contributed by atoms with Gasteiger partial charge in [-0.25, -0.2) is 8.78 Å². The Balaban J connectivity index is 1.38. The maximum Gasteiger partial charge on any atom is 0.229 e. The van der Waals surface area contributed by atoms with Crippen molar-refractivity contribution in [1.82, 2.24) is 4.90 Å². The molecule has 0 saturated carbocycles. The van der Waals surface area contributed by atoms with E-state index in [1.807, 2.05) is 24.3 Å². The quantitative estimate of drug-likeness (QED) is 0.660. The van der Waals surface area contributed by atoms with E-state index in [1.165, 1.54) is 35.5 Å². The number of anilines is 2. The SMILES string of the molecule is O=C(Nc1ccc(F)cc1)[C@H]1Cc2ccccc2N2CCN(Cc3ccc(F)cc3)C[C@H]12. The number of carbonyl (C=O) groups excluding carboxylic acids is 1. The Morgan fingerprint density at radius 2 is 1.59 bits per heavy atom. The summed E-state index contributed by atoms with van der Waals surface area (Å²) in [4.78, 5) is 18.0. The molecule has 2 aliphatic heterocycles. The number of fused-ring (bicyclic) bond motifs is 3. The van der Waals surface area contributed by atoms with Gasteiger partial charge in [-0.1, -0.05) is 30.3 Å². The Bertz CT molecular complexity index is 1100. The van der Waals surface area contributed by atoms with Crippen molar-refractivity contribution in [2.75, 3.05) is 29.9 Å². The zero-order valence-electron chi connectivity index (χ0n) is 17.7. The summed E-state index contributed by atoms with van der Waals surface area (Å²) < 4.78 is 26.5. The predicted octanol–water partition coefficient (Wildman–Crippen LogP) is 4.47. The van der Waals surface area contributed by atoms with Crippen molar-refractivity contribution < 1.29 is 13.6 Å². The highest BCUT2D eigenvalue weighted by molar-refractivity contribution is 5.94. The molecule has 2 aliphatic rings. The fourth-order valence-electron chi connectivity index (χ4n) is 4.88. The number of piperazine rings is 1. The molecule has 0 aliphatic carbocycles. The van der Waals surface area contributed by atoms with Gasteiger partial charge < -0.3 is 10.2 Å². The molecular formula is C26H25F2N3O. The second-order valence-corrected chi connectivity index (χ2v) is 8.56. The number of rotatable bonds is 4. The molecule has 3 aromatic carbocycles. The van der Waals surface area contributed by atoms with E-state index >= 15 is 0 Å². The lowest BCUT2D eigenvalue weighted by atomic mass is 9.83. The topological polar surface area (TPSA) is 35.6 Å². The van der Waals surface area contributed by atoms with Crippen molar-refractivity contribution in [2.45, 2.75) is 19.0 Å². The molecule has 1 fully saturated rings. The van der Waals surface area contributed by atoms with Crippen molar-refractivity contribution in [1.29, 1.82) is 0 Å². The van der Waals surface area contributed by atoms with Gasteiger partial charge in [0.25, 0.3) is 0 Å². The van der Waals surface area contributed by atoms with Crippen LogP contribution in [0.3, 0.4) is 0 Å². The molecule has 1 N–H and O–H groups in total. The second kappa shape index (κ2) is 8.71. The van der Waals surface area contributed by atoms with Crippen LogP contribution in [0.5, 0.6) is 0 Å². The number of hydrogen-bond acceptors (Lipinski definition) is 3. The summed E-state index contributed by atoms with van der Waals surface area (Å²) in [6, 6.07) is 20.8. The zero-order valence-corrected chi connectivity index (χ0v) is 17.7. The third-order valence-electron chi connectivity index (χ3n) is 6.48. The fourth-order valence-corrected chi connectivity index (χ4v) is 4.88. The zero-order chi connectivity index (χ0) is 22.1. The van der Waals surface area contributed by atoms with Crippen molar-refractivity contribution in [2.24, 2.45) is 5.92 Å². The van der Waals surface area contributed by atoms with Gasteiger partial charge in [-0.15, -0.1) is 0 Å². The predicted molar refractivity (Wildman–Crippen MR) is 121 cm³/mol. The highest BCUT2D eigenvalue weighted by Crippen LogP contribution is 2.36. The van der Waals surface area contributed by atoms with Crippen LogP contribution >= 0.6 is 0 Å². The van der Waals surface area contributed by atoms with E-state index < -0.39 is 0 Å². The molecule has 5 rings (SSSR count). The fraction of sp³-hybridized carbons (Fsp3) is 0.269. The Kier molecular flexibility index (Phi) is 5.62. The minimum atomic E-state index is -0.329. The molecule has 164 valence electrons. The summed E-state index contributed by atoms with van der Waals surface area (Å²) in [7, 11) is 0. The Morgan fingerprint density at radius 3 is 2.34 bits per heavy atom. The van der Waals surface area contributed by atoms with Crippen molar-refractivity contribution in [3.8, 4) is 0 Å². The molecule has 1 saturated heterocycles. The number of amides is 1. The lowest BCUT2D eigenvalue weighted by molar-refractivity contribution is -0.121. The number of carbonyl (C=O) groups is 1. The van der Waals surface area contributed by atoms with E-state index in [0.29, 0.717) is 12.1 Å². The van der Waals surface area contributed by atoms with Gasteiger partial charge in [-0.3, -0.25) is 9.69 Å². The normalized spacial score (nSPS) is 20.4. The van der Waals surface area contributed by atoms with E-state index in [1.54, 1.807) is 12.1 Å². The second-order valence-electron chi connectivity index (χ2n) is 8.56.